The zero-order chi connectivity index (χ0) is 16.1. The highest BCUT2D eigenvalue weighted by Crippen LogP contribution is 2.32. The molecule has 3 nitrogen and oxygen atoms in total. The summed E-state index contributed by atoms with van der Waals surface area (Å²) in [6, 6.07) is 17.9. The van der Waals surface area contributed by atoms with Crippen molar-refractivity contribution < 1.29 is 4.79 Å². The average molecular weight is 329 g/mol. The Bertz CT molecular complexity index is 651. The summed E-state index contributed by atoms with van der Waals surface area (Å²) in [4.78, 5) is 12.1. The zero-order valence-corrected chi connectivity index (χ0v) is 13.7. The summed E-state index contributed by atoms with van der Waals surface area (Å²) in [6.45, 7) is 0. The zero-order valence-electron chi connectivity index (χ0n) is 13.0. The number of hydrogen-bond acceptors (Lipinski definition) is 1. The Kier molecular flexibility index (Phi) is 5.19. The highest BCUT2D eigenvalue weighted by molar-refractivity contribution is 6.30. The number of rotatable bonds is 3. The first kappa shape index (κ1) is 15.9. The van der Waals surface area contributed by atoms with Crippen molar-refractivity contribution in [2.24, 2.45) is 0 Å². The van der Waals surface area contributed by atoms with E-state index in [9.17, 15) is 4.79 Å². The van der Waals surface area contributed by atoms with E-state index in [1.165, 1.54) is 5.56 Å². The lowest BCUT2D eigenvalue weighted by atomic mass is 9.82. The van der Waals surface area contributed by atoms with Crippen molar-refractivity contribution in [2.45, 2.75) is 37.6 Å². The average Bonchev–Trinajstić information content (AvgIpc) is 2.56. The van der Waals surface area contributed by atoms with Gasteiger partial charge in [0.05, 0.1) is 0 Å². The first-order chi connectivity index (χ1) is 11.2. The number of anilines is 1. The molecule has 0 unspecified atom stereocenters. The monoisotopic (exact) mass is 328 g/mol. The summed E-state index contributed by atoms with van der Waals surface area (Å²) >= 11 is 5.92. The maximum Gasteiger partial charge on any atom is 0.319 e. The summed E-state index contributed by atoms with van der Waals surface area (Å²) in [7, 11) is 0. The number of nitrogens with one attached hydrogen (secondary N) is 2. The Balaban J connectivity index is 1.48. The smallest absolute Gasteiger partial charge is 0.319 e. The van der Waals surface area contributed by atoms with Gasteiger partial charge in [0.1, 0.15) is 0 Å². The third kappa shape index (κ3) is 4.49. The molecule has 1 aliphatic carbocycles. The van der Waals surface area contributed by atoms with Crippen LogP contribution < -0.4 is 10.6 Å². The van der Waals surface area contributed by atoms with E-state index in [2.05, 4.69) is 41.0 Å². The lowest BCUT2D eigenvalue weighted by molar-refractivity contribution is 0.242. The van der Waals surface area contributed by atoms with Gasteiger partial charge in [-0.25, -0.2) is 4.79 Å². The second-order valence-corrected chi connectivity index (χ2v) is 6.50. The number of amides is 2. The highest BCUT2D eigenvalue weighted by Gasteiger charge is 2.23. The minimum Gasteiger partial charge on any atom is -0.335 e. The van der Waals surface area contributed by atoms with Crippen LogP contribution in [0.3, 0.4) is 0 Å². The van der Waals surface area contributed by atoms with Gasteiger partial charge in [0, 0.05) is 16.8 Å². The van der Waals surface area contributed by atoms with Crippen LogP contribution in [0.15, 0.2) is 54.6 Å². The molecule has 4 heteroatoms. The van der Waals surface area contributed by atoms with Gasteiger partial charge in [0.25, 0.3) is 0 Å². The van der Waals surface area contributed by atoms with Crippen LogP contribution >= 0.6 is 11.6 Å². The molecule has 0 atom stereocenters. The fraction of sp³-hybridized carbons (Fsp3) is 0.316. The van der Waals surface area contributed by atoms with E-state index < -0.39 is 0 Å². The topological polar surface area (TPSA) is 41.1 Å². The third-order valence-corrected chi connectivity index (χ3v) is 4.65. The quantitative estimate of drug-likeness (QED) is 0.800. The van der Waals surface area contributed by atoms with Crippen molar-refractivity contribution in [3.63, 3.8) is 0 Å². The summed E-state index contributed by atoms with van der Waals surface area (Å²) < 4.78 is 0. The molecule has 0 bridgehead atoms. The predicted molar refractivity (Wildman–Crippen MR) is 95.0 cm³/mol. The third-order valence-electron chi connectivity index (χ3n) is 4.42. The van der Waals surface area contributed by atoms with Crippen molar-refractivity contribution in [1.29, 1.82) is 0 Å². The van der Waals surface area contributed by atoms with Crippen LogP contribution in [0.4, 0.5) is 10.5 Å². The predicted octanol–water partition coefficient (Wildman–Crippen LogP) is 5.19. The standard InChI is InChI=1S/C19H21ClN2O/c20-16-7-4-8-18(13-16)22-19(23)21-17-11-9-15(10-12-17)14-5-2-1-3-6-14/h1-8,13,15,17H,9-12H2,(H2,21,22,23). The van der Waals surface area contributed by atoms with Gasteiger partial charge in [-0.2, -0.15) is 0 Å². The molecule has 2 N–H and O–H groups in total. The van der Waals surface area contributed by atoms with Crippen molar-refractivity contribution >= 4 is 23.3 Å². The Hall–Kier alpha value is -2.00. The summed E-state index contributed by atoms with van der Waals surface area (Å²) in [6.07, 6.45) is 4.27. The van der Waals surface area contributed by atoms with Crippen LogP contribution in [-0.4, -0.2) is 12.1 Å². The second kappa shape index (κ2) is 7.51. The molecule has 2 amide bonds. The Morgan fingerprint density at radius 3 is 2.39 bits per heavy atom. The number of carbonyl (C=O) groups is 1. The number of halogens is 1. The lowest BCUT2D eigenvalue weighted by Crippen LogP contribution is -2.39. The van der Waals surface area contributed by atoms with E-state index >= 15 is 0 Å². The molecule has 0 saturated heterocycles. The number of benzene rings is 2. The van der Waals surface area contributed by atoms with Gasteiger partial charge in [0.2, 0.25) is 0 Å². The van der Waals surface area contributed by atoms with Crippen LogP contribution in [0.2, 0.25) is 5.02 Å². The van der Waals surface area contributed by atoms with Crippen LogP contribution in [0.25, 0.3) is 0 Å². The van der Waals surface area contributed by atoms with E-state index in [0.29, 0.717) is 16.6 Å². The number of urea groups is 1. The molecule has 0 spiro atoms. The molecule has 1 aliphatic rings. The highest BCUT2D eigenvalue weighted by atomic mass is 35.5. The fourth-order valence-electron chi connectivity index (χ4n) is 3.22. The Labute approximate surface area is 142 Å². The van der Waals surface area contributed by atoms with E-state index in [0.717, 1.165) is 25.7 Å². The van der Waals surface area contributed by atoms with Crippen LogP contribution in [0.5, 0.6) is 0 Å². The van der Waals surface area contributed by atoms with Gasteiger partial charge >= 0.3 is 6.03 Å². The van der Waals surface area contributed by atoms with Crippen molar-refractivity contribution in [1.82, 2.24) is 5.32 Å². The lowest BCUT2D eigenvalue weighted by Gasteiger charge is -2.29. The molecule has 0 radical (unpaired) electrons. The first-order valence-electron chi connectivity index (χ1n) is 8.09. The summed E-state index contributed by atoms with van der Waals surface area (Å²) in [5.74, 6) is 0.616. The molecular weight excluding hydrogens is 308 g/mol. The van der Waals surface area contributed by atoms with Gasteiger partial charge in [0.15, 0.2) is 0 Å². The van der Waals surface area contributed by atoms with Crippen molar-refractivity contribution in [3.05, 3.63) is 65.2 Å². The maximum absolute atomic E-state index is 12.1. The molecule has 1 fully saturated rings. The minimum atomic E-state index is -0.157. The van der Waals surface area contributed by atoms with Gasteiger partial charge in [-0.15, -0.1) is 0 Å². The Morgan fingerprint density at radius 1 is 0.957 bits per heavy atom. The molecular formula is C19H21ClN2O. The maximum atomic E-state index is 12.1. The molecule has 2 aromatic carbocycles. The SMILES string of the molecule is O=C(Nc1cccc(Cl)c1)NC1CCC(c2ccccc2)CC1. The summed E-state index contributed by atoms with van der Waals surface area (Å²) in [5, 5.41) is 6.52. The molecule has 3 rings (SSSR count). The fourth-order valence-corrected chi connectivity index (χ4v) is 3.41. The number of hydrogen-bond donors (Lipinski definition) is 2. The molecule has 0 aromatic heterocycles. The molecule has 120 valence electrons. The molecule has 0 heterocycles. The van der Waals surface area contributed by atoms with Gasteiger partial charge in [-0.3, -0.25) is 0 Å². The van der Waals surface area contributed by atoms with Crippen LogP contribution in [0, 0.1) is 0 Å². The first-order valence-corrected chi connectivity index (χ1v) is 8.46. The minimum absolute atomic E-state index is 0.157. The largest absolute Gasteiger partial charge is 0.335 e. The van der Waals surface area contributed by atoms with Gasteiger partial charge in [-0.1, -0.05) is 48.0 Å². The van der Waals surface area contributed by atoms with E-state index in [4.69, 9.17) is 11.6 Å². The number of carbonyl (C=O) groups excluding carboxylic acids is 1. The van der Waals surface area contributed by atoms with Crippen molar-refractivity contribution in [3.8, 4) is 0 Å². The van der Waals surface area contributed by atoms with Gasteiger partial charge < -0.3 is 10.6 Å². The molecule has 2 aromatic rings. The van der Waals surface area contributed by atoms with Gasteiger partial charge in [-0.05, 0) is 55.4 Å². The van der Waals surface area contributed by atoms with Crippen LogP contribution in [-0.2, 0) is 0 Å². The normalized spacial score (nSPS) is 20.7. The van der Waals surface area contributed by atoms with Crippen molar-refractivity contribution in [2.75, 3.05) is 5.32 Å². The second-order valence-electron chi connectivity index (χ2n) is 6.07. The summed E-state index contributed by atoms with van der Waals surface area (Å²) in [5.41, 5.74) is 2.13. The van der Waals surface area contributed by atoms with E-state index in [1.54, 1.807) is 12.1 Å². The molecule has 23 heavy (non-hydrogen) atoms. The van der Waals surface area contributed by atoms with Crippen LogP contribution in [0.1, 0.15) is 37.2 Å². The van der Waals surface area contributed by atoms with E-state index in [-0.39, 0.29) is 12.1 Å². The molecule has 1 saturated carbocycles. The van der Waals surface area contributed by atoms with E-state index in [1.807, 2.05) is 12.1 Å². The molecule has 0 aliphatic heterocycles. The Morgan fingerprint density at radius 2 is 1.70 bits per heavy atom.